The van der Waals surface area contributed by atoms with E-state index in [2.05, 4.69) is 111 Å². The first-order chi connectivity index (χ1) is 40.5. The number of carbonyl (C=O) groups is 2. The first-order valence-electron chi connectivity index (χ1n) is 34.4. The van der Waals surface area contributed by atoms with Gasteiger partial charge in [-0.15, -0.1) is 0 Å². The number of hydrogen-bond donors (Lipinski definition) is 0. The summed E-state index contributed by atoms with van der Waals surface area (Å²) in [6.45, 7) is 4.16. The lowest BCUT2D eigenvalue weighted by Gasteiger charge is -2.28. The fraction of sp³-hybridized carbons (Fsp3) is 0.753. The second kappa shape index (κ2) is 63.4. The third-order valence-corrected chi connectivity index (χ3v) is 15.8. The van der Waals surface area contributed by atoms with Crippen molar-refractivity contribution in [3.05, 3.63) is 97.2 Å². The molecule has 0 spiro atoms. The molecule has 10 heteroatoms. The Balaban J connectivity index is 4.02. The fourth-order valence-corrected chi connectivity index (χ4v) is 10.3. The predicted octanol–water partition coefficient (Wildman–Crippen LogP) is 21.7. The van der Waals surface area contributed by atoms with E-state index < -0.39 is 26.5 Å². The number of unbranched alkanes of at least 4 members (excludes halogenated alkanes) is 33. The summed E-state index contributed by atoms with van der Waals surface area (Å²) in [6, 6.07) is 0. The van der Waals surface area contributed by atoms with E-state index in [4.69, 9.17) is 18.5 Å². The van der Waals surface area contributed by atoms with E-state index in [1.54, 1.807) is 0 Å². The minimum atomic E-state index is -4.64. The number of rotatable bonds is 63. The van der Waals surface area contributed by atoms with Crippen LogP contribution in [0.25, 0.3) is 0 Å². The van der Waals surface area contributed by atoms with Crippen molar-refractivity contribution in [1.29, 1.82) is 0 Å². The molecule has 83 heavy (non-hydrogen) atoms. The highest BCUT2D eigenvalue weighted by Crippen LogP contribution is 2.38. The van der Waals surface area contributed by atoms with Crippen LogP contribution in [0.2, 0.25) is 0 Å². The molecule has 480 valence electrons. The van der Waals surface area contributed by atoms with Gasteiger partial charge in [-0.25, -0.2) is 0 Å². The van der Waals surface area contributed by atoms with Crippen LogP contribution >= 0.6 is 7.82 Å². The van der Waals surface area contributed by atoms with Gasteiger partial charge in [0.15, 0.2) is 6.10 Å². The minimum absolute atomic E-state index is 0.0318. The standard InChI is InChI=1S/C73H130NO8P/c1-6-8-10-12-14-16-18-20-22-24-26-28-29-30-31-32-33-34-35-36-37-38-39-40-41-42-43-44-45-46-48-50-52-54-56-58-60-62-64-66-73(76)82-71(70-81-83(77,78)80-68-67-74(3,4)5)69-79-72(75)65-63-61-59-57-55-53-51-49-47-27-25-23-21-19-17-15-13-11-9-7-2/h8,10,14,16,20,22,26,28,30-31,33-34,36-37,39-40,71H,6-7,9,11-13,15,17-19,21,23-25,27,29,32,35,38,41-70H2,1-5H3/b10-8-,16-14-,22-20-,28-26-,31-30-,34-33-,37-36-,40-39-. The summed E-state index contributed by atoms with van der Waals surface area (Å²) in [4.78, 5) is 38.0. The third-order valence-electron chi connectivity index (χ3n) is 14.9. The lowest BCUT2D eigenvalue weighted by Crippen LogP contribution is -2.37. The molecule has 0 aromatic heterocycles. The van der Waals surface area contributed by atoms with E-state index >= 15 is 0 Å². The normalized spacial score (nSPS) is 13.8. The third kappa shape index (κ3) is 67.9. The molecule has 9 nitrogen and oxygen atoms in total. The van der Waals surface area contributed by atoms with Crippen LogP contribution < -0.4 is 4.89 Å². The molecular weight excluding hydrogens is 1050 g/mol. The van der Waals surface area contributed by atoms with Gasteiger partial charge in [0.05, 0.1) is 27.7 Å². The van der Waals surface area contributed by atoms with Crippen LogP contribution in [0.15, 0.2) is 97.2 Å². The Morgan fingerprint density at radius 1 is 0.386 bits per heavy atom. The van der Waals surface area contributed by atoms with Gasteiger partial charge in [0.1, 0.15) is 19.8 Å². The van der Waals surface area contributed by atoms with Gasteiger partial charge >= 0.3 is 11.9 Å². The van der Waals surface area contributed by atoms with Crippen molar-refractivity contribution < 1.29 is 42.1 Å². The van der Waals surface area contributed by atoms with Crippen molar-refractivity contribution in [2.45, 2.75) is 309 Å². The number of allylic oxidation sites excluding steroid dienone is 16. The molecule has 0 rings (SSSR count). The second-order valence-electron chi connectivity index (χ2n) is 24.2. The van der Waals surface area contributed by atoms with Gasteiger partial charge in [0.2, 0.25) is 0 Å². The Labute approximate surface area is 513 Å². The summed E-state index contributed by atoms with van der Waals surface area (Å²) in [5.74, 6) is -0.823. The van der Waals surface area contributed by atoms with Crippen LogP contribution in [0.5, 0.6) is 0 Å². The summed E-state index contributed by atoms with van der Waals surface area (Å²) >= 11 is 0. The van der Waals surface area contributed by atoms with Gasteiger partial charge in [0.25, 0.3) is 7.82 Å². The average molecular weight is 1180 g/mol. The molecule has 0 saturated heterocycles. The number of hydrogen-bond acceptors (Lipinski definition) is 8. The molecule has 0 saturated carbocycles. The van der Waals surface area contributed by atoms with Crippen molar-refractivity contribution in [2.75, 3.05) is 47.5 Å². The van der Waals surface area contributed by atoms with Crippen LogP contribution in [0, 0.1) is 0 Å². The Hall–Kier alpha value is -3.07. The van der Waals surface area contributed by atoms with Gasteiger partial charge in [-0.3, -0.25) is 14.2 Å². The Morgan fingerprint density at radius 2 is 0.687 bits per heavy atom. The lowest BCUT2D eigenvalue weighted by molar-refractivity contribution is -0.870. The molecule has 0 radical (unpaired) electrons. The number of likely N-dealkylation sites (N-methyl/N-ethyl adjacent to an activating group) is 1. The molecule has 0 aliphatic heterocycles. The van der Waals surface area contributed by atoms with E-state index in [0.29, 0.717) is 17.4 Å². The number of quaternary nitrogens is 1. The molecule has 2 unspecified atom stereocenters. The van der Waals surface area contributed by atoms with Crippen molar-refractivity contribution in [3.8, 4) is 0 Å². The maximum atomic E-state index is 12.9. The van der Waals surface area contributed by atoms with Crippen molar-refractivity contribution in [1.82, 2.24) is 0 Å². The fourth-order valence-electron chi connectivity index (χ4n) is 9.62. The molecule has 2 atom stereocenters. The van der Waals surface area contributed by atoms with Gasteiger partial charge in [-0.05, 0) is 77.0 Å². The molecule has 0 bridgehead atoms. The highest BCUT2D eigenvalue weighted by atomic mass is 31.2. The van der Waals surface area contributed by atoms with Crippen LogP contribution in [0.1, 0.15) is 303 Å². The number of nitrogens with zero attached hydrogens (tertiary/aromatic N) is 1. The Kier molecular flexibility index (Phi) is 61.1. The van der Waals surface area contributed by atoms with Crippen LogP contribution in [-0.2, 0) is 32.7 Å². The van der Waals surface area contributed by atoms with Crippen LogP contribution in [-0.4, -0.2) is 70.0 Å². The van der Waals surface area contributed by atoms with Crippen molar-refractivity contribution >= 4 is 19.8 Å². The van der Waals surface area contributed by atoms with Crippen molar-refractivity contribution in [3.63, 3.8) is 0 Å². The highest BCUT2D eigenvalue weighted by Gasteiger charge is 2.22. The zero-order chi connectivity index (χ0) is 60.5. The number of phosphoric acid groups is 1. The van der Waals surface area contributed by atoms with Crippen LogP contribution in [0.4, 0.5) is 0 Å². The number of carbonyl (C=O) groups excluding carboxylic acids is 2. The SMILES string of the molecule is CC/C=C\C/C=C\C/C=C\C/C=C\C/C=C\C/C=C\C/C=C\C/C=C\CCCCCCCCCCCCCCCCC(=O)OC(COC(=O)CCCCCCCCCCCCCCCCCCCCCC)COP(=O)([O-])OCC[N+](C)(C)C. The molecule has 0 N–H and O–H groups in total. The van der Waals surface area contributed by atoms with E-state index in [0.717, 1.165) is 89.9 Å². The monoisotopic (exact) mass is 1180 g/mol. The van der Waals surface area contributed by atoms with Crippen LogP contribution in [0.3, 0.4) is 0 Å². The predicted molar refractivity (Wildman–Crippen MR) is 355 cm³/mol. The summed E-state index contributed by atoms with van der Waals surface area (Å²) in [6.07, 6.45) is 87.7. The molecule has 0 amide bonds. The van der Waals surface area contributed by atoms with E-state index in [1.165, 1.54) is 180 Å². The molecular formula is C73H130NO8P. The molecule has 0 heterocycles. The quantitative estimate of drug-likeness (QED) is 0.0195. The van der Waals surface area contributed by atoms with Crippen molar-refractivity contribution in [2.24, 2.45) is 0 Å². The van der Waals surface area contributed by atoms with E-state index in [1.807, 2.05) is 21.1 Å². The number of phosphoric ester groups is 1. The number of esters is 2. The Morgan fingerprint density at radius 3 is 1.02 bits per heavy atom. The van der Waals surface area contributed by atoms with Gasteiger partial charge in [-0.2, -0.15) is 0 Å². The smallest absolute Gasteiger partial charge is 0.306 e. The molecule has 0 aromatic carbocycles. The molecule has 0 fully saturated rings. The maximum Gasteiger partial charge on any atom is 0.306 e. The summed E-state index contributed by atoms with van der Waals surface area (Å²) in [5, 5.41) is 0. The zero-order valence-corrected chi connectivity index (χ0v) is 55.5. The lowest BCUT2D eigenvalue weighted by atomic mass is 10.0. The topological polar surface area (TPSA) is 111 Å². The zero-order valence-electron chi connectivity index (χ0n) is 54.6. The minimum Gasteiger partial charge on any atom is -0.756 e. The van der Waals surface area contributed by atoms with Gasteiger partial charge < -0.3 is 27.9 Å². The number of ether oxygens (including phenoxy) is 2. The summed E-state index contributed by atoms with van der Waals surface area (Å²) in [7, 11) is 1.17. The van der Waals surface area contributed by atoms with Gasteiger partial charge in [0, 0.05) is 12.8 Å². The maximum absolute atomic E-state index is 12.9. The second-order valence-corrected chi connectivity index (χ2v) is 25.6. The first-order valence-corrected chi connectivity index (χ1v) is 35.9. The van der Waals surface area contributed by atoms with E-state index in [-0.39, 0.29) is 32.0 Å². The first kappa shape index (κ1) is 79.9. The summed E-state index contributed by atoms with van der Waals surface area (Å²) < 4.78 is 34.3. The highest BCUT2D eigenvalue weighted by molar-refractivity contribution is 7.45. The largest absolute Gasteiger partial charge is 0.756 e. The molecule has 0 aliphatic rings. The molecule has 0 aromatic rings. The van der Waals surface area contributed by atoms with Gasteiger partial charge in [-0.1, -0.05) is 310 Å². The average Bonchev–Trinajstić information content (AvgIpc) is 3.48. The van der Waals surface area contributed by atoms with E-state index in [9.17, 15) is 19.0 Å². The molecule has 0 aliphatic carbocycles. The Bertz CT molecular complexity index is 1720. The summed E-state index contributed by atoms with van der Waals surface area (Å²) in [5.41, 5.74) is 0.